The molecule has 0 aromatic heterocycles. The first-order chi connectivity index (χ1) is 9.24. The second-order valence-corrected chi connectivity index (χ2v) is 5.56. The highest BCUT2D eigenvalue weighted by Crippen LogP contribution is 2.17. The van der Waals surface area contributed by atoms with Crippen molar-refractivity contribution in [2.24, 2.45) is 5.73 Å². The van der Waals surface area contributed by atoms with Crippen LogP contribution in [0.25, 0.3) is 0 Å². The molecule has 2 rings (SSSR count). The molecule has 0 aliphatic heterocycles. The van der Waals surface area contributed by atoms with Crippen LogP contribution < -0.4 is 11.1 Å². The Labute approximate surface area is 115 Å². The largest absolute Gasteiger partial charge is 0.353 e. The van der Waals surface area contributed by atoms with Gasteiger partial charge in [0, 0.05) is 18.5 Å². The van der Waals surface area contributed by atoms with Gasteiger partial charge in [-0.15, -0.1) is 0 Å². The standard InChI is InChI=1S/C16H24N2O/c17-14(11-13-7-3-1-4-8-13)12-16(19)18-15-9-5-2-6-10-15/h1,3-4,7-8,14-15H,2,5-6,9-12,17H2,(H,18,19). The highest BCUT2D eigenvalue weighted by Gasteiger charge is 2.17. The molecule has 1 aromatic carbocycles. The third-order valence-electron chi connectivity index (χ3n) is 3.76. The third kappa shape index (κ3) is 5.03. The van der Waals surface area contributed by atoms with E-state index in [1.807, 2.05) is 18.2 Å². The van der Waals surface area contributed by atoms with Crippen molar-refractivity contribution in [2.45, 2.75) is 57.0 Å². The minimum absolute atomic E-state index is 0.0917. The quantitative estimate of drug-likeness (QED) is 0.854. The number of rotatable bonds is 5. The number of hydrogen-bond acceptors (Lipinski definition) is 2. The first-order valence-electron chi connectivity index (χ1n) is 7.33. The fourth-order valence-corrected chi connectivity index (χ4v) is 2.76. The van der Waals surface area contributed by atoms with Crippen LogP contribution in [-0.2, 0) is 11.2 Å². The fourth-order valence-electron chi connectivity index (χ4n) is 2.76. The molecule has 0 spiro atoms. The van der Waals surface area contributed by atoms with E-state index < -0.39 is 0 Å². The summed E-state index contributed by atoms with van der Waals surface area (Å²) in [6, 6.07) is 10.4. The van der Waals surface area contributed by atoms with Gasteiger partial charge in [-0.3, -0.25) is 4.79 Å². The summed E-state index contributed by atoms with van der Waals surface area (Å²) >= 11 is 0. The van der Waals surface area contributed by atoms with E-state index in [-0.39, 0.29) is 11.9 Å². The van der Waals surface area contributed by atoms with E-state index in [9.17, 15) is 4.79 Å². The van der Waals surface area contributed by atoms with Gasteiger partial charge in [-0.1, -0.05) is 49.6 Å². The van der Waals surface area contributed by atoms with Crippen molar-refractivity contribution in [3.05, 3.63) is 35.9 Å². The predicted molar refractivity (Wildman–Crippen MR) is 77.8 cm³/mol. The summed E-state index contributed by atoms with van der Waals surface area (Å²) in [5.74, 6) is 0.107. The Balaban J connectivity index is 1.72. The molecule has 1 aromatic rings. The monoisotopic (exact) mass is 260 g/mol. The highest BCUT2D eigenvalue weighted by atomic mass is 16.1. The van der Waals surface area contributed by atoms with Crippen LogP contribution in [0.4, 0.5) is 0 Å². The van der Waals surface area contributed by atoms with Crippen LogP contribution in [-0.4, -0.2) is 18.0 Å². The average molecular weight is 260 g/mol. The zero-order valence-electron chi connectivity index (χ0n) is 11.5. The van der Waals surface area contributed by atoms with Gasteiger partial charge >= 0.3 is 0 Å². The number of hydrogen-bond donors (Lipinski definition) is 2. The number of nitrogens with two attached hydrogens (primary N) is 1. The van der Waals surface area contributed by atoms with Gasteiger partial charge in [0.2, 0.25) is 5.91 Å². The molecule has 3 N–H and O–H groups in total. The van der Waals surface area contributed by atoms with Gasteiger partial charge in [0.25, 0.3) is 0 Å². The lowest BCUT2D eigenvalue weighted by Crippen LogP contribution is -2.39. The molecule has 19 heavy (non-hydrogen) atoms. The third-order valence-corrected chi connectivity index (χ3v) is 3.76. The van der Waals surface area contributed by atoms with Crippen molar-refractivity contribution in [3.8, 4) is 0 Å². The number of amides is 1. The molecule has 1 aliphatic rings. The predicted octanol–water partition coefficient (Wildman–Crippen LogP) is 2.40. The maximum absolute atomic E-state index is 11.9. The zero-order valence-corrected chi connectivity index (χ0v) is 11.5. The van der Waals surface area contributed by atoms with Gasteiger partial charge in [-0.25, -0.2) is 0 Å². The zero-order chi connectivity index (χ0) is 13.5. The van der Waals surface area contributed by atoms with Crippen LogP contribution in [0.1, 0.15) is 44.1 Å². The van der Waals surface area contributed by atoms with Crippen molar-refractivity contribution in [1.82, 2.24) is 5.32 Å². The van der Waals surface area contributed by atoms with Crippen molar-refractivity contribution in [2.75, 3.05) is 0 Å². The van der Waals surface area contributed by atoms with E-state index in [0.29, 0.717) is 12.5 Å². The van der Waals surface area contributed by atoms with E-state index in [1.165, 1.54) is 24.8 Å². The van der Waals surface area contributed by atoms with E-state index in [1.54, 1.807) is 0 Å². The lowest BCUT2D eigenvalue weighted by atomic mass is 9.95. The van der Waals surface area contributed by atoms with E-state index in [4.69, 9.17) is 5.73 Å². The first-order valence-corrected chi connectivity index (χ1v) is 7.33. The minimum atomic E-state index is -0.0917. The van der Waals surface area contributed by atoms with Crippen LogP contribution in [0.5, 0.6) is 0 Å². The van der Waals surface area contributed by atoms with Gasteiger partial charge in [-0.2, -0.15) is 0 Å². The smallest absolute Gasteiger partial charge is 0.221 e. The van der Waals surface area contributed by atoms with Gasteiger partial charge in [0.1, 0.15) is 0 Å². The molecule has 1 fully saturated rings. The molecule has 104 valence electrons. The Kier molecular flexibility index (Phi) is 5.40. The molecule has 3 nitrogen and oxygen atoms in total. The minimum Gasteiger partial charge on any atom is -0.353 e. The van der Waals surface area contributed by atoms with Crippen molar-refractivity contribution in [3.63, 3.8) is 0 Å². The normalized spacial score (nSPS) is 17.9. The maximum Gasteiger partial charge on any atom is 0.221 e. The van der Waals surface area contributed by atoms with Crippen molar-refractivity contribution >= 4 is 5.91 Å². The molecule has 1 atom stereocenters. The van der Waals surface area contributed by atoms with E-state index >= 15 is 0 Å². The molecule has 1 aliphatic carbocycles. The van der Waals surface area contributed by atoms with Crippen LogP contribution in [0, 0.1) is 0 Å². The molecule has 1 amide bonds. The lowest BCUT2D eigenvalue weighted by molar-refractivity contribution is -0.122. The van der Waals surface area contributed by atoms with Crippen LogP contribution in [0.2, 0.25) is 0 Å². The molecule has 1 saturated carbocycles. The highest BCUT2D eigenvalue weighted by molar-refractivity contribution is 5.76. The van der Waals surface area contributed by atoms with E-state index in [0.717, 1.165) is 19.3 Å². The summed E-state index contributed by atoms with van der Waals surface area (Å²) in [6.07, 6.45) is 7.21. The Morgan fingerprint density at radius 1 is 1.21 bits per heavy atom. The second-order valence-electron chi connectivity index (χ2n) is 5.56. The second kappa shape index (κ2) is 7.29. The first kappa shape index (κ1) is 14.1. The van der Waals surface area contributed by atoms with Crippen molar-refractivity contribution in [1.29, 1.82) is 0 Å². The van der Waals surface area contributed by atoms with Gasteiger partial charge < -0.3 is 11.1 Å². The molecular weight excluding hydrogens is 236 g/mol. The maximum atomic E-state index is 11.9. The summed E-state index contributed by atoms with van der Waals surface area (Å²) in [7, 11) is 0. The van der Waals surface area contributed by atoms with Crippen LogP contribution in [0.3, 0.4) is 0 Å². The van der Waals surface area contributed by atoms with Crippen LogP contribution >= 0.6 is 0 Å². The summed E-state index contributed by atoms with van der Waals surface area (Å²) in [6.45, 7) is 0. The summed E-state index contributed by atoms with van der Waals surface area (Å²) in [5, 5.41) is 3.12. The summed E-state index contributed by atoms with van der Waals surface area (Å²) in [4.78, 5) is 11.9. The molecule has 0 radical (unpaired) electrons. The van der Waals surface area contributed by atoms with Crippen molar-refractivity contribution < 1.29 is 4.79 Å². The molecule has 1 unspecified atom stereocenters. The van der Waals surface area contributed by atoms with Gasteiger partial charge in [0.15, 0.2) is 0 Å². The Morgan fingerprint density at radius 2 is 1.89 bits per heavy atom. The average Bonchev–Trinajstić information content (AvgIpc) is 2.40. The molecule has 3 heteroatoms. The number of nitrogens with one attached hydrogen (secondary N) is 1. The molecule has 0 bridgehead atoms. The van der Waals surface area contributed by atoms with Gasteiger partial charge in [-0.05, 0) is 24.8 Å². The lowest BCUT2D eigenvalue weighted by Gasteiger charge is -2.23. The summed E-state index contributed by atoms with van der Waals surface area (Å²) < 4.78 is 0. The molecule has 0 heterocycles. The Bertz CT molecular complexity index is 385. The van der Waals surface area contributed by atoms with Crippen LogP contribution in [0.15, 0.2) is 30.3 Å². The molecular formula is C16H24N2O. The summed E-state index contributed by atoms with van der Waals surface area (Å²) in [5.41, 5.74) is 7.25. The Morgan fingerprint density at radius 3 is 2.58 bits per heavy atom. The van der Waals surface area contributed by atoms with Gasteiger partial charge in [0.05, 0.1) is 0 Å². The SMILES string of the molecule is NC(CC(=O)NC1CCCCC1)Cc1ccccc1. The van der Waals surface area contributed by atoms with E-state index in [2.05, 4.69) is 17.4 Å². The number of benzene rings is 1. The molecule has 0 saturated heterocycles. The topological polar surface area (TPSA) is 55.1 Å². The number of carbonyl (C=O) groups is 1. The Hall–Kier alpha value is -1.35. The fraction of sp³-hybridized carbons (Fsp3) is 0.562. The number of carbonyl (C=O) groups excluding carboxylic acids is 1.